The average molecular weight is 423 g/mol. The van der Waals surface area contributed by atoms with Gasteiger partial charge in [-0.15, -0.1) is 5.10 Å². The van der Waals surface area contributed by atoms with Crippen molar-refractivity contribution < 1.29 is 9.21 Å². The van der Waals surface area contributed by atoms with Crippen LogP contribution in [0.5, 0.6) is 0 Å². The molecule has 7 heteroatoms. The van der Waals surface area contributed by atoms with Crippen LogP contribution in [-0.4, -0.2) is 40.6 Å². The first-order valence-electron chi connectivity index (χ1n) is 11.0. The van der Waals surface area contributed by atoms with Gasteiger partial charge in [0, 0.05) is 12.2 Å². The lowest BCUT2D eigenvalue weighted by atomic mass is 9.95. The van der Waals surface area contributed by atoms with Gasteiger partial charge in [-0.2, -0.15) is 0 Å². The van der Waals surface area contributed by atoms with Crippen molar-refractivity contribution in [1.29, 1.82) is 0 Å². The van der Waals surface area contributed by atoms with Crippen LogP contribution in [0.1, 0.15) is 48.2 Å². The molecule has 2 N–H and O–H groups in total. The predicted octanol–water partition coefficient (Wildman–Crippen LogP) is 3.26. The summed E-state index contributed by atoms with van der Waals surface area (Å²) >= 11 is 0. The molecule has 0 bridgehead atoms. The van der Waals surface area contributed by atoms with E-state index in [1.54, 1.807) is 0 Å². The van der Waals surface area contributed by atoms with E-state index in [1.165, 1.54) is 18.4 Å². The van der Waals surface area contributed by atoms with Gasteiger partial charge in [0.2, 0.25) is 11.6 Å². The number of aromatic amines is 1. The van der Waals surface area contributed by atoms with E-state index in [-0.39, 0.29) is 24.1 Å². The van der Waals surface area contributed by atoms with Gasteiger partial charge in [-0.05, 0) is 56.8 Å². The van der Waals surface area contributed by atoms with E-state index in [0.29, 0.717) is 12.1 Å². The smallest absolute Gasteiger partial charge is 0.341 e. The minimum atomic E-state index is -0.503. The second-order valence-corrected chi connectivity index (χ2v) is 8.65. The highest BCUT2D eigenvalue weighted by Crippen LogP contribution is 2.26. The molecule has 0 saturated carbocycles. The van der Waals surface area contributed by atoms with Crippen molar-refractivity contribution >= 4 is 17.0 Å². The van der Waals surface area contributed by atoms with Crippen LogP contribution < -0.4 is 10.9 Å². The molecule has 0 aliphatic carbocycles. The van der Waals surface area contributed by atoms with Crippen molar-refractivity contribution in [2.75, 3.05) is 19.6 Å². The Bertz CT molecular complexity index is 1110. The number of carbonyl (C=O) groups excluding carboxylic acids is 1. The van der Waals surface area contributed by atoms with Gasteiger partial charge in [-0.25, -0.2) is 4.79 Å². The van der Waals surface area contributed by atoms with Gasteiger partial charge in [-0.1, -0.05) is 37.3 Å². The number of hydrogen-bond donors (Lipinski definition) is 2. The van der Waals surface area contributed by atoms with Gasteiger partial charge >= 0.3 is 5.63 Å². The lowest BCUT2D eigenvalue weighted by Gasteiger charge is -2.37. The molecule has 1 saturated heterocycles. The second-order valence-electron chi connectivity index (χ2n) is 8.65. The number of likely N-dealkylation sites (tertiary alicyclic amines) is 1. The molecule has 3 aromatic rings. The first kappa shape index (κ1) is 21.3. The average Bonchev–Trinajstić information content (AvgIpc) is 3.13. The van der Waals surface area contributed by atoms with Gasteiger partial charge in [0.1, 0.15) is 0 Å². The molecule has 164 valence electrons. The molecule has 0 unspecified atom stereocenters. The maximum absolute atomic E-state index is 12.8. The van der Waals surface area contributed by atoms with E-state index in [1.807, 2.05) is 32.0 Å². The third-order valence-electron chi connectivity index (χ3n) is 6.45. The fraction of sp³-hybridized carbons (Fsp3) is 0.458. The number of nitrogens with zero attached hydrogens (tertiary/aromatic N) is 2. The highest BCUT2D eigenvalue weighted by molar-refractivity contribution is 5.84. The van der Waals surface area contributed by atoms with E-state index in [2.05, 4.69) is 39.5 Å². The molecule has 4 rings (SSSR count). The van der Waals surface area contributed by atoms with Gasteiger partial charge in [0.25, 0.3) is 0 Å². The number of aromatic nitrogens is 2. The minimum Gasteiger partial charge on any atom is -0.402 e. The molecule has 1 amide bonds. The standard InChI is InChI=1S/C24H30N4O3/c1-15-9-11-28(12-10-15)20(18-7-5-4-6-8-18)14-25-21(29)13-19-16(2)22-17(3)26-27-23(22)31-24(19)30/h4-8,15,20H,9-14H2,1-3H3,(H,25,29)(H,26,27)/t20-/m0/s1. The summed E-state index contributed by atoms with van der Waals surface area (Å²) in [6.45, 7) is 8.56. The van der Waals surface area contributed by atoms with Gasteiger partial charge < -0.3 is 9.73 Å². The van der Waals surface area contributed by atoms with E-state index in [9.17, 15) is 9.59 Å². The maximum atomic E-state index is 12.8. The summed E-state index contributed by atoms with van der Waals surface area (Å²) in [5.41, 5.74) is 2.93. The van der Waals surface area contributed by atoms with Gasteiger partial charge in [0.15, 0.2) is 0 Å². The van der Waals surface area contributed by atoms with Crippen molar-refractivity contribution in [3.05, 3.63) is 63.1 Å². The van der Waals surface area contributed by atoms with Gasteiger partial charge in [-0.3, -0.25) is 14.8 Å². The number of piperidine rings is 1. The number of hydrogen-bond acceptors (Lipinski definition) is 5. The summed E-state index contributed by atoms with van der Waals surface area (Å²) in [6, 6.07) is 10.4. The van der Waals surface area contributed by atoms with E-state index in [4.69, 9.17) is 4.42 Å². The van der Waals surface area contributed by atoms with E-state index < -0.39 is 5.63 Å². The number of amides is 1. The Morgan fingerprint density at radius 2 is 1.97 bits per heavy atom. The lowest BCUT2D eigenvalue weighted by Crippen LogP contribution is -2.42. The Kier molecular flexibility index (Phi) is 6.23. The Labute approximate surface area is 181 Å². The summed E-state index contributed by atoms with van der Waals surface area (Å²) in [7, 11) is 0. The first-order chi connectivity index (χ1) is 14.9. The summed E-state index contributed by atoms with van der Waals surface area (Å²) in [5, 5.41) is 10.7. The zero-order valence-electron chi connectivity index (χ0n) is 18.4. The fourth-order valence-electron chi connectivity index (χ4n) is 4.49. The molecule has 2 aromatic heterocycles. The number of benzene rings is 1. The highest BCUT2D eigenvalue weighted by atomic mass is 16.4. The van der Waals surface area contributed by atoms with Crippen LogP contribution in [0.25, 0.3) is 11.1 Å². The predicted molar refractivity (Wildman–Crippen MR) is 120 cm³/mol. The summed E-state index contributed by atoms with van der Waals surface area (Å²) in [5.74, 6) is 0.563. The van der Waals surface area contributed by atoms with Crippen molar-refractivity contribution in [2.45, 2.75) is 46.1 Å². The zero-order chi connectivity index (χ0) is 22.0. The summed E-state index contributed by atoms with van der Waals surface area (Å²) in [6.07, 6.45) is 2.33. The largest absolute Gasteiger partial charge is 0.402 e. The SMILES string of the molecule is Cc1[nH]nc2oc(=O)c(CC(=O)NC[C@@H](c3ccccc3)N3CCC(C)CC3)c(C)c12. The van der Waals surface area contributed by atoms with E-state index >= 15 is 0 Å². The Hall–Kier alpha value is -2.93. The zero-order valence-corrected chi connectivity index (χ0v) is 18.4. The first-order valence-corrected chi connectivity index (χ1v) is 11.0. The monoisotopic (exact) mass is 422 g/mol. The summed E-state index contributed by atoms with van der Waals surface area (Å²) in [4.78, 5) is 27.7. The van der Waals surface area contributed by atoms with Crippen molar-refractivity contribution in [3.63, 3.8) is 0 Å². The lowest BCUT2D eigenvalue weighted by molar-refractivity contribution is -0.120. The van der Waals surface area contributed by atoms with Gasteiger partial charge in [0.05, 0.1) is 23.4 Å². The number of rotatable bonds is 6. The number of fused-ring (bicyclic) bond motifs is 1. The number of nitrogens with one attached hydrogen (secondary N) is 2. The number of carbonyl (C=O) groups is 1. The van der Waals surface area contributed by atoms with Crippen molar-refractivity contribution in [3.8, 4) is 0 Å². The van der Waals surface area contributed by atoms with Crippen LogP contribution in [0.3, 0.4) is 0 Å². The molecule has 1 aliphatic heterocycles. The Balaban J connectivity index is 1.49. The minimum absolute atomic E-state index is 0.00668. The normalized spacial score (nSPS) is 16.5. The van der Waals surface area contributed by atoms with Crippen LogP contribution in [0.2, 0.25) is 0 Å². The third-order valence-corrected chi connectivity index (χ3v) is 6.45. The molecule has 1 aliphatic rings. The molecule has 7 nitrogen and oxygen atoms in total. The molecule has 0 spiro atoms. The molecular formula is C24H30N4O3. The molecule has 1 atom stereocenters. The highest BCUT2D eigenvalue weighted by Gasteiger charge is 2.25. The third kappa shape index (κ3) is 4.56. The maximum Gasteiger partial charge on any atom is 0.341 e. The van der Waals surface area contributed by atoms with Crippen molar-refractivity contribution in [1.82, 2.24) is 20.4 Å². The number of aryl methyl sites for hydroxylation is 2. The number of H-pyrrole nitrogens is 1. The molecule has 31 heavy (non-hydrogen) atoms. The second kappa shape index (κ2) is 9.06. The van der Waals surface area contributed by atoms with Crippen LogP contribution in [0.15, 0.2) is 39.5 Å². The molecular weight excluding hydrogens is 392 g/mol. The van der Waals surface area contributed by atoms with Crippen LogP contribution in [0, 0.1) is 19.8 Å². The molecule has 1 fully saturated rings. The topological polar surface area (TPSA) is 91.2 Å². The fourth-order valence-corrected chi connectivity index (χ4v) is 4.49. The van der Waals surface area contributed by atoms with Crippen LogP contribution in [-0.2, 0) is 11.2 Å². The quantitative estimate of drug-likeness (QED) is 0.636. The Morgan fingerprint density at radius 3 is 2.68 bits per heavy atom. The summed E-state index contributed by atoms with van der Waals surface area (Å²) < 4.78 is 5.31. The van der Waals surface area contributed by atoms with Crippen LogP contribution in [0.4, 0.5) is 0 Å². The molecule has 3 heterocycles. The van der Waals surface area contributed by atoms with Crippen LogP contribution >= 0.6 is 0 Å². The Morgan fingerprint density at radius 1 is 1.26 bits per heavy atom. The van der Waals surface area contributed by atoms with E-state index in [0.717, 1.165) is 35.7 Å². The molecule has 0 radical (unpaired) electrons. The molecule has 1 aromatic carbocycles. The van der Waals surface area contributed by atoms with Crippen molar-refractivity contribution in [2.24, 2.45) is 5.92 Å².